The van der Waals surface area contributed by atoms with E-state index in [0.717, 1.165) is 24.3 Å². The highest BCUT2D eigenvalue weighted by atomic mass is 32.2. The van der Waals surface area contributed by atoms with Crippen LogP contribution in [0.15, 0.2) is 41.3 Å². The average Bonchev–Trinajstić information content (AvgIpc) is 2.70. The number of ether oxygens (including phenoxy) is 2. The Morgan fingerprint density at radius 2 is 1.77 bits per heavy atom. The van der Waals surface area contributed by atoms with Gasteiger partial charge in [-0.25, -0.2) is 8.78 Å². The van der Waals surface area contributed by atoms with E-state index in [0.29, 0.717) is 11.3 Å². The summed E-state index contributed by atoms with van der Waals surface area (Å²) in [7, 11) is 0. The fourth-order valence-corrected chi connectivity index (χ4v) is 5.81. The predicted molar refractivity (Wildman–Crippen MR) is 100 cm³/mol. The van der Waals surface area contributed by atoms with Gasteiger partial charge < -0.3 is 14.6 Å². The van der Waals surface area contributed by atoms with Crippen LogP contribution in [-0.4, -0.2) is 31.0 Å². The van der Waals surface area contributed by atoms with Crippen molar-refractivity contribution < 1.29 is 36.5 Å². The number of aliphatic hydroxyl groups excluding tert-OH is 1. The molecule has 1 N–H and O–H groups in total. The molecule has 0 spiro atoms. The van der Waals surface area contributed by atoms with Gasteiger partial charge >= 0.3 is 6.18 Å². The highest BCUT2D eigenvalue weighted by molar-refractivity contribution is 8.00. The summed E-state index contributed by atoms with van der Waals surface area (Å²) in [5.74, 6) is -1.92. The summed E-state index contributed by atoms with van der Waals surface area (Å²) in [6.45, 7) is 0.135. The minimum atomic E-state index is -4.46. The van der Waals surface area contributed by atoms with Crippen LogP contribution in [0.3, 0.4) is 0 Å². The standard InChI is InChI=1S/C21H19F5O3S/c22-15-5-6-16(23)19-18(15)20(8-10-28-17(7-9-27)14(20)11-29-19)30-13-3-1-12(2-4-13)21(24,25)26/h1-6,14,17,27H,7-11H2/t14-,17-,20-/m1/s1. The second-order valence-corrected chi connectivity index (χ2v) is 8.74. The molecule has 2 heterocycles. The lowest BCUT2D eigenvalue weighted by molar-refractivity contribution is -0.137. The molecule has 3 atom stereocenters. The third-order valence-corrected chi connectivity index (χ3v) is 7.22. The molecular formula is C21H19F5O3S. The van der Waals surface area contributed by atoms with Crippen molar-refractivity contribution in [2.24, 2.45) is 5.92 Å². The maximum atomic E-state index is 15.0. The van der Waals surface area contributed by atoms with Gasteiger partial charge in [-0.15, -0.1) is 11.8 Å². The molecule has 1 fully saturated rings. The minimum Gasteiger partial charge on any atom is -0.490 e. The fourth-order valence-electron chi connectivity index (χ4n) is 4.27. The van der Waals surface area contributed by atoms with Gasteiger partial charge in [0.25, 0.3) is 0 Å². The van der Waals surface area contributed by atoms with Gasteiger partial charge in [0.1, 0.15) is 5.82 Å². The molecule has 0 amide bonds. The highest BCUT2D eigenvalue weighted by Gasteiger charge is 2.54. The van der Waals surface area contributed by atoms with E-state index in [1.54, 1.807) is 0 Å². The summed E-state index contributed by atoms with van der Waals surface area (Å²) in [6.07, 6.45) is -4.31. The van der Waals surface area contributed by atoms with Gasteiger partial charge in [-0.1, -0.05) is 0 Å². The summed E-state index contributed by atoms with van der Waals surface area (Å²) in [5, 5.41) is 9.41. The monoisotopic (exact) mass is 446 g/mol. The second-order valence-electron chi connectivity index (χ2n) is 7.34. The minimum absolute atomic E-state index is 0.0473. The zero-order chi connectivity index (χ0) is 21.5. The Morgan fingerprint density at radius 3 is 2.43 bits per heavy atom. The van der Waals surface area contributed by atoms with E-state index < -0.39 is 40.1 Å². The molecule has 2 aromatic rings. The van der Waals surface area contributed by atoms with E-state index in [1.807, 2.05) is 0 Å². The van der Waals surface area contributed by atoms with Crippen LogP contribution in [0.4, 0.5) is 22.0 Å². The number of hydrogen-bond acceptors (Lipinski definition) is 4. The van der Waals surface area contributed by atoms with Crippen LogP contribution in [0.5, 0.6) is 5.75 Å². The van der Waals surface area contributed by atoms with Crippen molar-refractivity contribution in [3.8, 4) is 5.75 Å². The number of thioether (sulfide) groups is 1. The van der Waals surface area contributed by atoms with E-state index >= 15 is 4.39 Å². The number of benzene rings is 2. The van der Waals surface area contributed by atoms with Crippen LogP contribution in [-0.2, 0) is 15.7 Å². The topological polar surface area (TPSA) is 38.7 Å². The lowest BCUT2D eigenvalue weighted by atomic mass is 9.75. The molecule has 0 aromatic heterocycles. The molecule has 4 rings (SSSR count). The SMILES string of the molecule is OCC[C@H]1OCC[C@]2(Sc3ccc(C(F)(F)F)cc3)c3c(F)ccc(F)c3OC[C@H]12. The van der Waals surface area contributed by atoms with Crippen molar-refractivity contribution in [1.29, 1.82) is 0 Å². The molecule has 30 heavy (non-hydrogen) atoms. The van der Waals surface area contributed by atoms with Crippen LogP contribution in [0.25, 0.3) is 0 Å². The first-order valence-corrected chi connectivity index (χ1v) is 10.3. The molecule has 0 unspecified atom stereocenters. The Balaban J connectivity index is 1.80. The Hall–Kier alpha value is -1.84. The summed E-state index contributed by atoms with van der Waals surface area (Å²) in [5.41, 5.74) is -0.717. The number of halogens is 5. The molecule has 2 aliphatic heterocycles. The number of hydrogen-bond donors (Lipinski definition) is 1. The molecular weight excluding hydrogens is 427 g/mol. The van der Waals surface area contributed by atoms with Crippen LogP contribution < -0.4 is 4.74 Å². The molecule has 0 radical (unpaired) electrons. The summed E-state index contributed by atoms with van der Waals surface area (Å²) in [4.78, 5) is 0.495. The molecule has 0 saturated carbocycles. The Kier molecular flexibility index (Phi) is 5.71. The average molecular weight is 446 g/mol. The van der Waals surface area contributed by atoms with Crippen molar-refractivity contribution in [3.63, 3.8) is 0 Å². The molecule has 3 nitrogen and oxygen atoms in total. The van der Waals surface area contributed by atoms with Gasteiger partial charge in [0.2, 0.25) is 0 Å². The van der Waals surface area contributed by atoms with Crippen molar-refractivity contribution in [3.05, 3.63) is 59.2 Å². The third-order valence-electron chi connectivity index (χ3n) is 5.64. The first-order chi connectivity index (χ1) is 14.3. The Morgan fingerprint density at radius 1 is 1.07 bits per heavy atom. The van der Waals surface area contributed by atoms with Crippen molar-refractivity contribution in [2.45, 2.75) is 34.8 Å². The molecule has 0 aliphatic carbocycles. The van der Waals surface area contributed by atoms with Crippen LogP contribution >= 0.6 is 11.8 Å². The summed E-state index contributed by atoms with van der Waals surface area (Å²) in [6, 6.07) is 6.65. The lowest BCUT2D eigenvalue weighted by Crippen LogP contribution is -2.52. The van der Waals surface area contributed by atoms with Gasteiger partial charge in [0, 0.05) is 29.6 Å². The Labute approximate surface area is 174 Å². The largest absolute Gasteiger partial charge is 0.490 e. The maximum Gasteiger partial charge on any atom is 0.416 e. The fraction of sp³-hybridized carbons (Fsp3) is 0.429. The first kappa shape index (κ1) is 21.4. The van der Waals surface area contributed by atoms with E-state index in [2.05, 4.69) is 0 Å². The lowest BCUT2D eigenvalue weighted by Gasteiger charge is -2.50. The molecule has 0 bridgehead atoms. The number of alkyl halides is 3. The maximum absolute atomic E-state index is 15.0. The molecule has 9 heteroatoms. The van der Waals surface area contributed by atoms with Gasteiger partial charge in [0.15, 0.2) is 11.6 Å². The quantitative estimate of drug-likeness (QED) is 0.660. The van der Waals surface area contributed by atoms with E-state index in [-0.39, 0.29) is 37.6 Å². The first-order valence-electron chi connectivity index (χ1n) is 9.46. The smallest absolute Gasteiger partial charge is 0.416 e. The summed E-state index contributed by atoms with van der Waals surface area (Å²) < 4.78 is 78.6. The number of aliphatic hydroxyl groups is 1. The van der Waals surface area contributed by atoms with Crippen LogP contribution in [0.2, 0.25) is 0 Å². The predicted octanol–water partition coefficient (Wildman–Crippen LogP) is 5.15. The van der Waals surface area contributed by atoms with Gasteiger partial charge in [0.05, 0.1) is 23.0 Å². The van der Waals surface area contributed by atoms with Crippen LogP contribution in [0, 0.1) is 17.6 Å². The second kappa shape index (κ2) is 8.01. The third kappa shape index (κ3) is 3.67. The van der Waals surface area contributed by atoms with Gasteiger partial charge in [-0.2, -0.15) is 13.2 Å². The van der Waals surface area contributed by atoms with Crippen LogP contribution in [0.1, 0.15) is 24.0 Å². The normalized spacial score (nSPS) is 25.9. The zero-order valence-electron chi connectivity index (χ0n) is 15.7. The van der Waals surface area contributed by atoms with Crippen molar-refractivity contribution >= 4 is 11.8 Å². The van der Waals surface area contributed by atoms with Crippen molar-refractivity contribution in [1.82, 2.24) is 0 Å². The molecule has 162 valence electrons. The molecule has 2 aromatic carbocycles. The molecule has 1 saturated heterocycles. The van der Waals surface area contributed by atoms with Gasteiger partial charge in [-0.3, -0.25) is 0 Å². The van der Waals surface area contributed by atoms with E-state index in [1.165, 1.54) is 23.9 Å². The molecule has 2 aliphatic rings. The van der Waals surface area contributed by atoms with E-state index in [4.69, 9.17) is 9.47 Å². The summed E-state index contributed by atoms with van der Waals surface area (Å²) >= 11 is 1.19. The number of fused-ring (bicyclic) bond motifs is 3. The highest BCUT2D eigenvalue weighted by Crippen LogP contribution is 2.59. The zero-order valence-corrected chi connectivity index (χ0v) is 16.5. The van der Waals surface area contributed by atoms with Gasteiger partial charge in [-0.05, 0) is 49.2 Å². The van der Waals surface area contributed by atoms with E-state index in [9.17, 15) is 22.7 Å². The number of rotatable bonds is 4. The Bertz CT molecular complexity index is 916. The van der Waals surface area contributed by atoms with Crippen molar-refractivity contribution in [2.75, 3.05) is 19.8 Å².